The molecule has 0 aliphatic carbocycles. The molecule has 4 aromatic rings. The standard InChI is InChI=1S/C34H29N3O3/c1-22(20-35)33-28(21-36)29(34(3,4)40-33)17-15-26-13-14-27(39-26)16-18-31-32(24-9-11-25(38-5)12-10-24)23(2)30-8-6-7-19-37(30)31/h6-19H,1-5H3/b17-15+,18-16+,33-22+. The van der Waals surface area contributed by atoms with Crippen LogP contribution in [-0.2, 0) is 4.74 Å². The largest absolute Gasteiger partial charge is 0.497 e. The molecule has 0 saturated carbocycles. The number of methoxy groups -OCH3 is 1. The molecule has 0 amide bonds. The number of hydrogen-bond donors (Lipinski definition) is 0. The van der Waals surface area contributed by atoms with E-state index in [9.17, 15) is 10.5 Å². The van der Waals surface area contributed by atoms with Crippen molar-refractivity contribution in [2.24, 2.45) is 0 Å². The first-order chi connectivity index (χ1) is 19.3. The van der Waals surface area contributed by atoms with E-state index in [1.165, 1.54) is 5.56 Å². The molecule has 5 rings (SSSR count). The second-order valence-electron chi connectivity index (χ2n) is 10.1. The van der Waals surface area contributed by atoms with E-state index in [0.29, 0.717) is 34.0 Å². The van der Waals surface area contributed by atoms with Crippen LogP contribution in [0.15, 0.2) is 93.8 Å². The molecule has 0 saturated heterocycles. The minimum atomic E-state index is -0.740. The normalized spacial score (nSPS) is 16.0. The van der Waals surface area contributed by atoms with Crippen molar-refractivity contribution in [3.05, 3.63) is 112 Å². The molecule has 4 heterocycles. The van der Waals surface area contributed by atoms with E-state index in [2.05, 4.69) is 53.9 Å². The van der Waals surface area contributed by atoms with Crippen LogP contribution in [0.2, 0.25) is 0 Å². The summed E-state index contributed by atoms with van der Waals surface area (Å²) in [5, 5.41) is 19.1. The van der Waals surface area contributed by atoms with Crippen LogP contribution in [0.5, 0.6) is 5.75 Å². The Bertz CT molecular complexity index is 1810. The molecule has 3 aromatic heterocycles. The zero-order valence-electron chi connectivity index (χ0n) is 23.1. The second kappa shape index (κ2) is 10.5. The van der Waals surface area contributed by atoms with Crippen molar-refractivity contribution in [1.82, 2.24) is 4.40 Å². The van der Waals surface area contributed by atoms with Gasteiger partial charge < -0.3 is 18.3 Å². The third kappa shape index (κ3) is 4.72. The predicted octanol–water partition coefficient (Wildman–Crippen LogP) is 8.13. The van der Waals surface area contributed by atoms with Crippen LogP contribution in [0.3, 0.4) is 0 Å². The molecule has 1 aliphatic rings. The average Bonchev–Trinajstić information content (AvgIpc) is 3.62. The monoisotopic (exact) mass is 527 g/mol. The lowest BCUT2D eigenvalue weighted by molar-refractivity contribution is 0.0949. The molecule has 0 unspecified atom stereocenters. The second-order valence-corrected chi connectivity index (χ2v) is 10.1. The summed E-state index contributed by atoms with van der Waals surface area (Å²) in [6.45, 7) is 7.54. The zero-order valence-corrected chi connectivity index (χ0v) is 23.1. The van der Waals surface area contributed by atoms with E-state index in [-0.39, 0.29) is 0 Å². The quantitative estimate of drug-likeness (QED) is 0.236. The summed E-state index contributed by atoms with van der Waals surface area (Å²) in [4.78, 5) is 0. The van der Waals surface area contributed by atoms with Gasteiger partial charge in [-0.2, -0.15) is 10.5 Å². The van der Waals surface area contributed by atoms with Crippen LogP contribution in [0.25, 0.3) is 34.9 Å². The van der Waals surface area contributed by atoms with Crippen LogP contribution in [0, 0.1) is 29.6 Å². The maximum absolute atomic E-state index is 9.76. The van der Waals surface area contributed by atoms with Gasteiger partial charge >= 0.3 is 0 Å². The molecule has 0 spiro atoms. The molecule has 0 bridgehead atoms. The lowest BCUT2D eigenvalue weighted by Gasteiger charge is -2.20. The highest BCUT2D eigenvalue weighted by Gasteiger charge is 2.37. The summed E-state index contributed by atoms with van der Waals surface area (Å²) in [6, 6.07) is 22.3. The van der Waals surface area contributed by atoms with Gasteiger partial charge in [-0.05, 0) is 99.5 Å². The van der Waals surface area contributed by atoms with E-state index in [4.69, 9.17) is 13.9 Å². The van der Waals surface area contributed by atoms with E-state index >= 15 is 0 Å². The molecule has 0 fully saturated rings. The Balaban J connectivity index is 1.48. The summed E-state index contributed by atoms with van der Waals surface area (Å²) in [7, 11) is 1.67. The highest BCUT2D eigenvalue weighted by atomic mass is 16.5. The third-order valence-corrected chi connectivity index (χ3v) is 7.10. The Hall–Kier alpha value is -5.20. The number of furan rings is 1. The molecule has 1 aliphatic heterocycles. The molecule has 0 radical (unpaired) electrons. The van der Waals surface area contributed by atoms with E-state index < -0.39 is 5.60 Å². The van der Waals surface area contributed by atoms with Crippen molar-refractivity contribution in [3.8, 4) is 29.0 Å². The maximum Gasteiger partial charge on any atom is 0.152 e. The Morgan fingerprint density at radius 2 is 1.65 bits per heavy atom. The van der Waals surface area contributed by atoms with Crippen LogP contribution >= 0.6 is 0 Å². The van der Waals surface area contributed by atoms with Gasteiger partial charge in [-0.1, -0.05) is 18.2 Å². The van der Waals surface area contributed by atoms with Gasteiger partial charge in [-0.25, -0.2) is 0 Å². The summed E-state index contributed by atoms with van der Waals surface area (Å²) in [6.07, 6.45) is 9.73. The minimum absolute atomic E-state index is 0.333. The lowest BCUT2D eigenvalue weighted by Crippen LogP contribution is -2.20. The highest BCUT2D eigenvalue weighted by Crippen LogP contribution is 2.40. The lowest BCUT2D eigenvalue weighted by atomic mass is 9.94. The smallest absolute Gasteiger partial charge is 0.152 e. The molecule has 6 nitrogen and oxygen atoms in total. The Kier molecular flexibility index (Phi) is 6.94. The number of hydrogen-bond acceptors (Lipinski definition) is 5. The first kappa shape index (κ1) is 26.4. The van der Waals surface area contributed by atoms with Crippen molar-refractivity contribution in [1.29, 1.82) is 10.5 Å². The molecule has 0 atom stereocenters. The van der Waals surface area contributed by atoms with Crippen molar-refractivity contribution in [3.63, 3.8) is 0 Å². The summed E-state index contributed by atoms with van der Waals surface area (Å²) in [5.74, 6) is 2.48. The number of pyridine rings is 1. The highest BCUT2D eigenvalue weighted by molar-refractivity contribution is 5.87. The molecular formula is C34H29N3O3. The van der Waals surface area contributed by atoms with E-state index in [1.54, 1.807) is 14.0 Å². The van der Waals surface area contributed by atoms with Crippen LogP contribution in [0.4, 0.5) is 0 Å². The van der Waals surface area contributed by atoms with Gasteiger partial charge in [0, 0.05) is 22.9 Å². The first-order valence-electron chi connectivity index (χ1n) is 12.9. The topological polar surface area (TPSA) is 83.6 Å². The number of fused-ring (bicyclic) bond motifs is 1. The zero-order chi connectivity index (χ0) is 28.4. The van der Waals surface area contributed by atoms with E-state index in [0.717, 1.165) is 28.1 Å². The average molecular weight is 528 g/mol. The SMILES string of the molecule is COc1ccc(-c2c(C)c3ccccn3c2/C=C/c2ccc(/C=C/C3=C(C#N)C(=C(/C)C#N)/OC3(C)C)o2)cc1. The number of aryl methyl sites for hydroxylation is 1. The summed E-state index contributed by atoms with van der Waals surface area (Å²) < 4.78 is 19.6. The van der Waals surface area contributed by atoms with Crippen LogP contribution in [-0.4, -0.2) is 17.1 Å². The number of nitriles is 2. The first-order valence-corrected chi connectivity index (χ1v) is 12.9. The minimum Gasteiger partial charge on any atom is -0.497 e. The molecular weight excluding hydrogens is 498 g/mol. The Morgan fingerprint density at radius 1 is 0.950 bits per heavy atom. The molecule has 0 N–H and O–H groups in total. The molecule has 40 heavy (non-hydrogen) atoms. The third-order valence-electron chi connectivity index (χ3n) is 7.10. The van der Waals surface area contributed by atoms with Gasteiger partial charge in [0.05, 0.1) is 24.4 Å². The summed E-state index contributed by atoms with van der Waals surface area (Å²) in [5.41, 5.74) is 6.33. The fourth-order valence-electron chi connectivity index (χ4n) is 5.05. The van der Waals surface area contributed by atoms with Crippen molar-refractivity contribution >= 4 is 23.7 Å². The predicted molar refractivity (Wildman–Crippen MR) is 157 cm³/mol. The van der Waals surface area contributed by atoms with Crippen LogP contribution < -0.4 is 4.74 Å². The van der Waals surface area contributed by atoms with Gasteiger partial charge in [-0.3, -0.25) is 0 Å². The van der Waals surface area contributed by atoms with Gasteiger partial charge in [-0.15, -0.1) is 0 Å². The van der Waals surface area contributed by atoms with Gasteiger partial charge in [0.15, 0.2) is 5.76 Å². The van der Waals surface area contributed by atoms with Gasteiger partial charge in [0.25, 0.3) is 0 Å². The Morgan fingerprint density at radius 3 is 2.30 bits per heavy atom. The van der Waals surface area contributed by atoms with E-state index in [1.807, 2.05) is 68.5 Å². The van der Waals surface area contributed by atoms with Crippen molar-refractivity contribution in [2.45, 2.75) is 33.3 Å². The Labute approximate surface area is 234 Å². The maximum atomic E-state index is 9.76. The number of benzene rings is 1. The fourth-order valence-corrected chi connectivity index (χ4v) is 5.05. The fraction of sp³-hybridized carbons (Fsp3) is 0.176. The summed E-state index contributed by atoms with van der Waals surface area (Å²) >= 11 is 0. The van der Waals surface area contributed by atoms with Gasteiger partial charge in [0.1, 0.15) is 34.5 Å². The van der Waals surface area contributed by atoms with Gasteiger partial charge in [0.2, 0.25) is 0 Å². The van der Waals surface area contributed by atoms with Crippen molar-refractivity contribution < 1.29 is 13.9 Å². The number of allylic oxidation sites excluding steroid dienone is 2. The number of rotatable bonds is 6. The number of nitrogens with zero attached hydrogens (tertiary/aromatic N) is 3. The van der Waals surface area contributed by atoms with Crippen LogP contribution in [0.1, 0.15) is 43.5 Å². The molecule has 6 heteroatoms. The van der Waals surface area contributed by atoms with Crippen molar-refractivity contribution in [2.75, 3.05) is 7.11 Å². The molecule has 198 valence electrons. The number of ether oxygens (including phenoxy) is 2. The number of aromatic nitrogens is 1. The molecule has 1 aromatic carbocycles.